The lowest BCUT2D eigenvalue weighted by Crippen LogP contribution is -2.24. The average molecular weight is 192 g/mol. The van der Waals surface area contributed by atoms with Gasteiger partial charge in [-0.25, -0.2) is 0 Å². The molecule has 0 bridgehead atoms. The lowest BCUT2D eigenvalue weighted by atomic mass is 9.68. The van der Waals surface area contributed by atoms with Crippen LogP contribution in [0, 0.1) is 5.41 Å². The molecular weight excluding hydrogens is 172 g/mol. The molecular formula is C13H20O. The fourth-order valence-electron chi connectivity index (χ4n) is 2.38. The van der Waals surface area contributed by atoms with E-state index in [9.17, 15) is 4.79 Å². The number of rotatable bonds is 4. The van der Waals surface area contributed by atoms with E-state index >= 15 is 0 Å². The first-order chi connectivity index (χ1) is 6.63. The molecule has 78 valence electrons. The summed E-state index contributed by atoms with van der Waals surface area (Å²) in [5.74, 6) is 0. The second-order valence-corrected chi connectivity index (χ2v) is 4.60. The van der Waals surface area contributed by atoms with Crippen molar-refractivity contribution >= 4 is 6.29 Å². The highest BCUT2D eigenvalue weighted by Crippen LogP contribution is 2.44. The predicted octanol–water partition coefficient (Wildman–Crippen LogP) is 3.66. The number of hydrogen-bond donors (Lipinski definition) is 0. The maximum Gasteiger partial charge on any atom is 0.120 e. The number of allylic oxidation sites excluding steroid dienone is 3. The fraction of sp³-hybridized carbons (Fsp3) is 0.615. The Hall–Kier alpha value is -0.850. The van der Waals surface area contributed by atoms with E-state index in [4.69, 9.17) is 0 Å². The Kier molecular flexibility index (Phi) is 3.68. The van der Waals surface area contributed by atoms with Gasteiger partial charge >= 0.3 is 0 Å². The Morgan fingerprint density at radius 2 is 2.07 bits per heavy atom. The van der Waals surface area contributed by atoms with Crippen molar-refractivity contribution in [1.82, 2.24) is 0 Å². The third kappa shape index (κ3) is 2.34. The van der Waals surface area contributed by atoms with E-state index in [2.05, 4.69) is 20.4 Å². The molecule has 1 aliphatic carbocycles. The van der Waals surface area contributed by atoms with Gasteiger partial charge in [-0.3, -0.25) is 0 Å². The van der Waals surface area contributed by atoms with E-state index in [-0.39, 0.29) is 5.41 Å². The Bertz CT molecular complexity index is 250. The lowest BCUT2D eigenvalue weighted by Gasteiger charge is -2.36. The Balaban J connectivity index is 2.81. The van der Waals surface area contributed by atoms with Crippen LogP contribution in [0.5, 0.6) is 0 Å². The molecule has 1 rings (SSSR count). The number of carbonyl (C=O) groups excluding carboxylic acids is 1. The Morgan fingerprint density at radius 1 is 1.36 bits per heavy atom. The van der Waals surface area contributed by atoms with Gasteiger partial charge in [0.25, 0.3) is 0 Å². The SMILES string of the molecule is C=CC[C@]1(CC=O)CCC(C)=C(C)C1. The van der Waals surface area contributed by atoms with Crippen molar-refractivity contribution in [2.75, 3.05) is 0 Å². The second-order valence-electron chi connectivity index (χ2n) is 4.60. The average Bonchev–Trinajstić information content (AvgIpc) is 2.13. The molecule has 0 saturated heterocycles. The molecule has 0 aromatic carbocycles. The van der Waals surface area contributed by atoms with Gasteiger partial charge in [0.05, 0.1) is 0 Å². The van der Waals surface area contributed by atoms with Crippen molar-refractivity contribution in [3.63, 3.8) is 0 Å². The molecule has 0 unspecified atom stereocenters. The number of hydrogen-bond acceptors (Lipinski definition) is 1. The first-order valence-electron chi connectivity index (χ1n) is 5.33. The predicted molar refractivity (Wildman–Crippen MR) is 60.2 cm³/mol. The fourth-order valence-corrected chi connectivity index (χ4v) is 2.38. The minimum atomic E-state index is 0.188. The smallest absolute Gasteiger partial charge is 0.120 e. The quantitative estimate of drug-likeness (QED) is 0.491. The summed E-state index contributed by atoms with van der Waals surface area (Å²) >= 11 is 0. The molecule has 0 heterocycles. The largest absolute Gasteiger partial charge is 0.303 e. The van der Waals surface area contributed by atoms with E-state index in [0.717, 1.165) is 32.0 Å². The molecule has 0 fully saturated rings. The first-order valence-corrected chi connectivity index (χ1v) is 5.33. The molecule has 1 heteroatoms. The lowest BCUT2D eigenvalue weighted by molar-refractivity contribution is -0.110. The third-order valence-electron chi connectivity index (χ3n) is 3.49. The summed E-state index contributed by atoms with van der Waals surface area (Å²) < 4.78 is 0. The second kappa shape index (κ2) is 4.59. The third-order valence-corrected chi connectivity index (χ3v) is 3.49. The molecule has 0 N–H and O–H groups in total. The van der Waals surface area contributed by atoms with E-state index in [1.807, 2.05) is 6.08 Å². The van der Waals surface area contributed by atoms with Gasteiger partial charge in [0.2, 0.25) is 0 Å². The van der Waals surface area contributed by atoms with E-state index in [1.54, 1.807) is 0 Å². The molecule has 0 aliphatic heterocycles. The molecule has 1 nitrogen and oxygen atoms in total. The van der Waals surface area contributed by atoms with Crippen LogP contribution in [-0.2, 0) is 4.79 Å². The Morgan fingerprint density at radius 3 is 2.57 bits per heavy atom. The zero-order valence-electron chi connectivity index (χ0n) is 9.31. The van der Waals surface area contributed by atoms with Gasteiger partial charge in [0.1, 0.15) is 6.29 Å². The van der Waals surface area contributed by atoms with Gasteiger partial charge in [-0.15, -0.1) is 6.58 Å². The van der Waals surface area contributed by atoms with Crippen LogP contribution >= 0.6 is 0 Å². The summed E-state index contributed by atoms with van der Waals surface area (Å²) in [5, 5.41) is 0. The van der Waals surface area contributed by atoms with Crippen LogP contribution in [0.25, 0.3) is 0 Å². The highest BCUT2D eigenvalue weighted by Gasteiger charge is 2.31. The number of aldehydes is 1. The molecule has 1 aliphatic rings. The summed E-state index contributed by atoms with van der Waals surface area (Å²) in [6, 6.07) is 0. The van der Waals surface area contributed by atoms with Crippen LogP contribution in [0.2, 0.25) is 0 Å². The van der Waals surface area contributed by atoms with Crippen LogP contribution < -0.4 is 0 Å². The molecule has 0 spiro atoms. The molecule has 14 heavy (non-hydrogen) atoms. The molecule has 0 aromatic rings. The van der Waals surface area contributed by atoms with E-state index in [0.29, 0.717) is 6.42 Å². The van der Waals surface area contributed by atoms with Crippen molar-refractivity contribution in [1.29, 1.82) is 0 Å². The van der Waals surface area contributed by atoms with Crippen molar-refractivity contribution < 1.29 is 4.79 Å². The summed E-state index contributed by atoms with van der Waals surface area (Å²) in [7, 11) is 0. The zero-order valence-corrected chi connectivity index (χ0v) is 9.31. The van der Waals surface area contributed by atoms with E-state index in [1.165, 1.54) is 11.1 Å². The van der Waals surface area contributed by atoms with Gasteiger partial charge in [-0.05, 0) is 44.9 Å². The summed E-state index contributed by atoms with van der Waals surface area (Å²) in [5.41, 5.74) is 3.17. The van der Waals surface area contributed by atoms with Gasteiger partial charge in [-0.2, -0.15) is 0 Å². The highest BCUT2D eigenvalue weighted by molar-refractivity contribution is 5.51. The van der Waals surface area contributed by atoms with Gasteiger partial charge in [0, 0.05) is 6.42 Å². The molecule has 0 amide bonds. The topological polar surface area (TPSA) is 17.1 Å². The number of carbonyl (C=O) groups is 1. The van der Waals surface area contributed by atoms with Gasteiger partial charge in [0.15, 0.2) is 0 Å². The zero-order chi connectivity index (χ0) is 10.6. The highest BCUT2D eigenvalue weighted by atomic mass is 16.1. The summed E-state index contributed by atoms with van der Waals surface area (Å²) in [6.07, 6.45) is 8.03. The Labute approximate surface area is 86.9 Å². The standard InChI is InChI=1S/C13H20O/c1-4-6-13(8-9-14)7-5-11(2)12(3)10-13/h4,9H,1,5-8,10H2,2-3H3/t13-/m1/s1. The van der Waals surface area contributed by atoms with Gasteiger partial charge < -0.3 is 4.79 Å². The van der Waals surface area contributed by atoms with Crippen molar-refractivity contribution in [3.05, 3.63) is 23.8 Å². The van der Waals surface area contributed by atoms with Crippen LogP contribution in [0.15, 0.2) is 23.8 Å². The monoisotopic (exact) mass is 192 g/mol. The molecule has 0 saturated carbocycles. The summed E-state index contributed by atoms with van der Waals surface area (Å²) in [6.45, 7) is 8.19. The van der Waals surface area contributed by atoms with Crippen LogP contribution in [-0.4, -0.2) is 6.29 Å². The van der Waals surface area contributed by atoms with E-state index < -0.39 is 0 Å². The van der Waals surface area contributed by atoms with Crippen molar-refractivity contribution in [3.8, 4) is 0 Å². The minimum absolute atomic E-state index is 0.188. The van der Waals surface area contributed by atoms with Crippen molar-refractivity contribution in [2.24, 2.45) is 5.41 Å². The summed E-state index contributed by atoms with van der Waals surface area (Å²) in [4.78, 5) is 10.7. The minimum Gasteiger partial charge on any atom is -0.303 e. The maximum absolute atomic E-state index is 10.7. The normalized spacial score (nSPS) is 27.6. The van der Waals surface area contributed by atoms with Crippen LogP contribution in [0.1, 0.15) is 46.0 Å². The molecule has 1 atom stereocenters. The molecule has 0 aromatic heterocycles. The maximum atomic E-state index is 10.7. The first kappa shape index (κ1) is 11.2. The van der Waals surface area contributed by atoms with Crippen molar-refractivity contribution in [2.45, 2.75) is 46.0 Å². The van der Waals surface area contributed by atoms with Crippen LogP contribution in [0.3, 0.4) is 0 Å². The van der Waals surface area contributed by atoms with Gasteiger partial charge in [-0.1, -0.05) is 17.2 Å². The van der Waals surface area contributed by atoms with Crippen LogP contribution in [0.4, 0.5) is 0 Å². The molecule has 0 radical (unpaired) electrons.